The fraction of sp³-hybridized carbons (Fsp3) is 0.875. The van der Waals surface area contributed by atoms with Crippen LogP contribution in [0.4, 0.5) is 0 Å². The predicted molar refractivity (Wildman–Crippen MR) is 51.7 cm³/mol. The number of hydrogen-bond donors (Lipinski definition) is 1. The minimum absolute atomic E-state index is 0.256. The van der Waals surface area contributed by atoms with E-state index in [2.05, 4.69) is 0 Å². The van der Waals surface area contributed by atoms with Gasteiger partial charge in [0.05, 0.1) is 5.25 Å². The third-order valence-corrected chi connectivity index (χ3v) is 3.65. The van der Waals surface area contributed by atoms with Crippen molar-refractivity contribution in [2.24, 2.45) is 5.92 Å². The van der Waals surface area contributed by atoms with E-state index in [0.29, 0.717) is 6.42 Å². The Balaban J connectivity index is 4.38. The average molecular weight is 207 g/mol. The lowest BCUT2D eigenvalue weighted by Gasteiger charge is -2.12. The quantitative estimate of drug-likeness (QED) is 0.744. The van der Waals surface area contributed by atoms with Crippen molar-refractivity contribution < 1.29 is 13.2 Å². The second-order valence-corrected chi connectivity index (χ2v) is 5.61. The van der Waals surface area contributed by atoms with Crippen LogP contribution in [0.2, 0.25) is 0 Å². The van der Waals surface area contributed by atoms with Crippen LogP contribution in [0.3, 0.4) is 0 Å². The Morgan fingerprint density at radius 2 is 1.77 bits per heavy atom. The van der Waals surface area contributed by atoms with Crippen LogP contribution in [0, 0.1) is 5.92 Å². The van der Waals surface area contributed by atoms with Crippen molar-refractivity contribution in [2.45, 2.75) is 39.4 Å². The van der Waals surface area contributed by atoms with E-state index in [4.69, 9.17) is 0 Å². The second-order valence-electron chi connectivity index (χ2n) is 3.37. The topological polar surface area (TPSA) is 63.2 Å². The second kappa shape index (κ2) is 4.60. The van der Waals surface area contributed by atoms with E-state index in [1.54, 1.807) is 6.92 Å². The standard InChI is InChI=1S/C8H17NO3S/c1-5-7(4)8(10)9-13(11,12)6(2)3/h6-7H,5H2,1-4H3,(H,9,10). The van der Waals surface area contributed by atoms with E-state index in [1.807, 2.05) is 11.6 Å². The number of carbonyl (C=O) groups excluding carboxylic acids is 1. The van der Waals surface area contributed by atoms with Gasteiger partial charge in [0, 0.05) is 5.92 Å². The number of nitrogens with one attached hydrogen (secondary N) is 1. The molecule has 0 aliphatic rings. The molecule has 0 saturated carbocycles. The maximum absolute atomic E-state index is 11.2. The lowest BCUT2D eigenvalue weighted by atomic mass is 10.1. The maximum atomic E-state index is 11.2. The van der Waals surface area contributed by atoms with E-state index in [1.165, 1.54) is 13.8 Å². The van der Waals surface area contributed by atoms with Gasteiger partial charge in [0.15, 0.2) is 0 Å². The summed E-state index contributed by atoms with van der Waals surface area (Å²) in [4.78, 5) is 11.2. The third kappa shape index (κ3) is 3.76. The lowest BCUT2D eigenvalue weighted by molar-refractivity contribution is -0.122. The number of amides is 1. The largest absolute Gasteiger partial charge is 0.274 e. The molecule has 0 aromatic heterocycles. The van der Waals surface area contributed by atoms with Gasteiger partial charge in [-0.05, 0) is 20.3 Å². The van der Waals surface area contributed by atoms with Crippen molar-refractivity contribution in [1.29, 1.82) is 0 Å². The number of rotatable bonds is 4. The van der Waals surface area contributed by atoms with Crippen LogP contribution in [-0.2, 0) is 14.8 Å². The highest BCUT2D eigenvalue weighted by Crippen LogP contribution is 2.03. The third-order valence-electron chi connectivity index (χ3n) is 1.92. The molecule has 0 radical (unpaired) electrons. The fourth-order valence-electron chi connectivity index (χ4n) is 0.544. The zero-order valence-corrected chi connectivity index (χ0v) is 9.31. The zero-order valence-electron chi connectivity index (χ0n) is 8.49. The Labute approximate surface area is 79.8 Å². The van der Waals surface area contributed by atoms with Crippen molar-refractivity contribution >= 4 is 15.9 Å². The Bertz CT molecular complexity index is 269. The molecule has 5 heteroatoms. The molecule has 0 aliphatic heterocycles. The van der Waals surface area contributed by atoms with Crippen LogP contribution in [0.15, 0.2) is 0 Å². The van der Waals surface area contributed by atoms with E-state index < -0.39 is 21.2 Å². The maximum Gasteiger partial charge on any atom is 0.237 e. The molecule has 1 amide bonds. The van der Waals surface area contributed by atoms with Gasteiger partial charge in [-0.25, -0.2) is 8.42 Å². The molecule has 0 fully saturated rings. The zero-order chi connectivity index (χ0) is 10.6. The monoisotopic (exact) mass is 207 g/mol. The van der Waals surface area contributed by atoms with Gasteiger partial charge in [0.2, 0.25) is 15.9 Å². The first-order valence-electron chi connectivity index (χ1n) is 4.36. The average Bonchev–Trinajstić information content (AvgIpc) is 2.01. The molecule has 1 atom stereocenters. The highest BCUT2D eigenvalue weighted by atomic mass is 32.2. The molecule has 1 N–H and O–H groups in total. The minimum atomic E-state index is -3.45. The van der Waals surface area contributed by atoms with Gasteiger partial charge in [-0.3, -0.25) is 9.52 Å². The molecular weight excluding hydrogens is 190 g/mol. The molecule has 0 aromatic carbocycles. The Morgan fingerprint density at radius 3 is 2.08 bits per heavy atom. The van der Waals surface area contributed by atoms with E-state index in [-0.39, 0.29) is 5.92 Å². The molecule has 4 nitrogen and oxygen atoms in total. The van der Waals surface area contributed by atoms with Crippen molar-refractivity contribution in [2.75, 3.05) is 0 Å². The molecular formula is C8H17NO3S. The SMILES string of the molecule is CCC(C)C(=O)NS(=O)(=O)C(C)C. The minimum Gasteiger partial charge on any atom is -0.274 e. The van der Waals surface area contributed by atoms with Crippen LogP contribution in [-0.4, -0.2) is 19.6 Å². The van der Waals surface area contributed by atoms with Gasteiger partial charge in [-0.1, -0.05) is 13.8 Å². The van der Waals surface area contributed by atoms with Crippen molar-refractivity contribution in [1.82, 2.24) is 4.72 Å². The van der Waals surface area contributed by atoms with E-state index in [0.717, 1.165) is 0 Å². The Kier molecular flexibility index (Phi) is 4.39. The molecule has 0 rings (SSSR count). The Hall–Kier alpha value is -0.580. The summed E-state index contributed by atoms with van der Waals surface area (Å²) in [5.41, 5.74) is 0. The number of sulfonamides is 1. The van der Waals surface area contributed by atoms with Crippen LogP contribution < -0.4 is 4.72 Å². The van der Waals surface area contributed by atoms with E-state index in [9.17, 15) is 13.2 Å². The van der Waals surface area contributed by atoms with Gasteiger partial charge in [0.25, 0.3) is 0 Å². The van der Waals surface area contributed by atoms with Crippen LogP contribution in [0.1, 0.15) is 34.1 Å². The number of carbonyl (C=O) groups is 1. The summed E-state index contributed by atoms with van der Waals surface area (Å²) in [5.74, 6) is -0.676. The fourth-order valence-corrected chi connectivity index (χ4v) is 1.26. The van der Waals surface area contributed by atoms with Gasteiger partial charge in [0.1, 0.15) is 0 Å². The first kappa shape index (κ1) is 12.4. The van der Waals surface area contributed by atoms with Crippen molar-refractivity contribution in [3.05, 3.63) is 0 Å². The molecule has 78 valence electrons. The highest BCUT2D eigenvalue weighted by Gasteiger charge is 2.21. The molecule has 0 aliphatic carbocycles. The summed E-state index contributed by atoms with van der Waals surface area (Å²) < 4.78 is 24.5. The molecule has 0 aromatic rings. The summed E-state index contributed by atoms with van der Waals surface area (Å²) in [5, 5.41) is -0.569. The highest BCUT2D eigenvalue weighted by molar-refractivity contribution is 7.90. The summed E-state index contributed by atoms with van der Waals surface area (Å²) in [6.45, 7) is 6.61. The molecule has 0 bridgehead atoms. The molecule has 0 heterocycles. The first-order valence-corrected chi connectivity index (χ1v) is 5.91. The van der Waals surface area contributed by atoms with E-state index >= 15 is 0 Å². The molecule has 13 heavy (non-hydrogen) atoms. The summed E-state index contributed by atoms with van der Waals surface area (Å²) >= 11 is 0. The summed E-state index contributed by atoms with van der Waals surface area (Å²) in [7, 11) is -3.45. The Morgan fingerprint density at radius 1 is 1.31 bits per heavy atom. The smallest absolute Gasteiger partial charge is 0.237 e. The van der Waals surface area contributed by atoms with Crippen molar-refractivity contribution in [3.63, 3.8) is 0 Å². The molecule has 1 unspecified atom stereocenters. The van der Waals surface area contributed by atoms with Crippen LogP contribution in [0.25, 0.3) is 0 Å². The normalized spacial score (nSPS) is 14.2. The lowest BCUT2D eigenvalue weighted by Crippen LogP contribution is -2.38. The summed E-state index contributed by atoms with van der Waals surface area (Å²) in [6, 6.07) is 0. The van der Waals surface area contributed by atoms with Crippen molar-refractivity contribution in [3.8, 4) is 0 Å². The first-order chi connectivity index (χ1) is 5.81. The predicted octanol–water partition coefficient (Wildman–Crippen LogP) is 0.887. The van der Waals surface area contributed by atoms with Gasteiger partial charge in [-0.15, -0.1) is 0 Å². The van der Waals surface area contributed by atoms with Gasteiger partial charge >= 0.3 is 0 Å². The summed E-state index contributed by atoms with van der Waals surface area (Å²) in [6.07, 6.45) is 0.638. The van der Waals surface area contributed by atoms with Gasteiger partial charge in [-0.2, -0.15) is 0 Å². The van der Waals surface area contributed by atoms with Crippen LogP contribution in [0.5, 0.6) is 0 Å². The molecule has 0 saturated heterocycles. The van der Waals surface area contributed by atoms with Gasteiger partial charge < -0.3 is 0 Å². The van der Waals surface area contributed by atoms with Crippen LogP contribution >= 0.6 is 0 Å². The number of hydrogen-bond acceptors (Lipinski definition) is 3. The molecule has 0 spiro atoms.